The van der Waals surface area contributed by atoms with Gasteiger partial charge in [-0.1, -0.05) is 12.1 Å². The Morgan fingerprint density at radius 2 is 1.72 bits per heavy atom. The minimum Gasteiger partial charge on any atom is -0.450 e. The van der Waals surface area contributed by atoms with Crippen LogP contribution in [0.3, 0.4) is 0 Å². The van der Waals surface area contributed by atoms with Crippen LogP contribution in [0.5, 0.6) is 11.5 Å². The highest BCUT2D eigenvalue weighted by Crippen LogP contribution is 2.30. The van der Waals surface area contributed by atoms with Crippen LogP contribution in [0, 0.1) is 23.0 Å². The summed E-state index contributed by atoms with van der Waals surface area (Å²) in [5, 5.41) is 8.84. The molecular weight excluding hydrogens is 238 g/mol. The van der Waals surface area contributed by atoms with Crippen molar-refractivity contribution < 1.29 is 13.5 Å². The van der Waals surface area contributed by atoms with Crippen LogP contribution in [0.4, 0.5) is 14.5 Å². The van der Waals surface area contributed by atoms with Crippen LogP contribution in [-0.4, -0.2) is 0 Å². The van der Waals surface area contributed by atoms with Crippen LogP contribution < -0.4 is 10.5 Å². The first-order valence-corrected chi connectivity index (χ1v) is 5.03. The van der Waals surface area contributed by atoms with Crippen LogP contribution in [0.1, 0.15) is 5.56 Å². The van der Waals surface area contributed by atoms with E-state index in [0.29, 0.717) is 0 Å². The van der Waals surface area contributed by atoms with Crippen molar-refractivity contribution in [2.24, 2.45) is 0 Å². The fraction of sp³-hybridized carbons (Fsp3) is 0. The third-order valence-electron chi connectivity index (χ3n) is 2.24. The van der Waals surface area contributed by atoms with E-state index >= 15 is 0 Å². The summed E-state index contributed by atoms with van der Waals surface area (Å²) < 4.78 is 32.1. The number of para-hydroxylation sites is 1. The van der Waals surface area contributed by atoms with Gasteiger partial charge in [-0.3, -0.25) is 0 Å². The molecule has 0 aliphatic carbocycles. The van der Waals surface area contributed by atoms with Gasteiger partial charge in [0.2, 0.25) is 0 Å². The highest BCUT2D eigenvalue weighted by molar-refractivity contribution is 5.48. The predicted molar refractivity (Wildman–Crippen MR) is 62.0 cm³/mol. The lowest BCUT2D eigenvalue weighted by Gasteiger charge is -2.09. The summed E-state index contributed by atoms with van der Waals surface area (Å²) in [4.78, 5) is 0. The van der Waals surface area contributed by atoms with Crippen molar-refractivity contribution in [1.82, 2.24) is 0 Å². The van der Waals surface area contributed by atoms with E-state index in [2.05, 4.69) is 0 Å². The first-order valence-electron chi connectivity index (χ1n) is 5.03. The Labute approximate surface area is 102 Å². The second kappa shape index (κ2) is 4.72. The summed E-state index contributed by atoms with van der Waals surface area (Å²) >= 11 is 0. The summed E-state index contributed by atoms with van der Waals surface area (Å²) in [5.41, 5.74) is 5.44. The Kier molecular flexibility index (Phi) is 3.11. The molecule has 2 N–H and O–H groups in total. The second-order valence-corrected chi connectivity index (χ2v) is 3.52. The van der Waals surface area contributed by atoms with E-state index in [-0.39, 0.29) is 17.0 Å². The van der Waals surface area contributed by atoms with E-state index in [1.165, 1.54) is 12.1 Å². The monoisotopic (exact) mass is 246 g/mol. The highest BCUT2D eigenvalue weighted by atomic mass is 19.1. The number of ether oxygens (including phenoxy) is 1. The van der Waals surface area contributed by atoms with Crippen molar-refractivity contribution in [3.63, 3.8) is 0 Å². The van der Waals surface area contributed by atoms with Gasteiger partial charge in [0, 0.05) is 17.8 Å². The Morgan fingerprint density at radius 1 is 1.11 bits per heavy atom. The molecule has 2 aromatic carbocycles. The predicted octanol–water partition coefficient (Wildman–Crippen LogP) is 3.21. The Balaban J connectivity index is 2.44. The van der Waals surface area contributed by atoms with Crippen molar-refractivity contribution in [3.8, 4) is 17.6 Å². The molecule has 0 radical (unpaired) electrons. The maximum absolute atomic E-state index is 13.5. The van der Waals surface area contributed by atoms with Crippen LogP contribution >= 0.6 is 0 Å². The van der Waals surface area contributed by atoms with E-state index in [4.69, 9.17) is 15.7 Å². The number of rotatable bonds is 2. The molecule has 0 heterocycles. The summed E-state index contributed by atoms with van der Waals surface area (Å²) in [7, 11) is 0. The van der Waals surface area contributed by atoms with E-state index in [1.54, 1.807) is 12.1 Å². The van der Waals surface area contributed by atoms with Gasteiger partial charge < -0.3 is 10.5 Å². The smallest absolute Gasteiger partial charge is 0.198 e. The van der Waals surface area contributed by atoms with E-state index < -0.39 is 17.4 Å². The number of nitrogens with zero attached hydrogens (tertiary/aromatic N) is 1. The van der Waals surface area contributed by atoms with Gasteiger partial charge in [0.05, 0.1) is 5.56 Å². The number of halogens is 2. The number of nitriles is 1. The van der Waals surface area contributed by atoms with Crippen molar-refractivity contribution in [3.05, 3.63) is 53.6 Å². The molecule has 0 fully saturated rings. The summed E-state index contributed by atoms with van der Waals surface area (Å²) in [5.74, 6) is -2.32. The van der Waals surface area contributed by atoms with Gasteiger partial charge in [0.1, 0.15) is 11.8 Å². The molecule has 0 aliphatic rings. The minimum atomic E-state index is -0.916. The lowest BCUT2D eigenvalue weighted by atomic mass is 10.2. The minimum absolute atomic E-state index is 0.0362. The number of benzene rings is 2. The van der Waals surface area contributed by atoms with E-state index in [9.17, 15) is 8.78 Å². The zero-order chi connectivity index (χ0) is 13.1. The molecule has 0 atom stereocenters. The molecule has 3 nitrogen and oxygen atoms in total. The van der Waals surface area contributed by atoms with Gasteiger partial charge in [-0.25, -0.2) is 8.78 Å². The highest BCUT2D eigenvalue weighted by Gasteiger charge is 2.14. The molecule has 0 aromatic heterocycles. The molecule has 18 heavy (non-hydrogen) atoms. The fourth-order valence-corrected chi connectivity index (χ4v) is 1.43. The van der Waals surface area contributed by atoms with Crippen molar-refractivity contribution >= 4 is 5.69 Å². The molecular formula is C13H8F2N2O. The normalized spacial score (nSPS) is 9.83. The van der Waals surface area contributed by atoms with Gasteiger partial charge >= 0.3 is 0 Å². The first kappa shape index (κ1) is 11.9. The van der Waals surface area contributed by atoms with Crippen LogP contribution in [-0.2, 0) is 0 Å². The molecule has 2 aromatic rings. The van der Waals surface area contributed by atoms with Gasteiger partial charge in [-0.2, -0.15) is 5.26 Å². The molecule has 0 saturated carbocycles. The molecule has 0 bridgehead atoms. The zero-order valence-electron chi connectivity index (χ0n) is 9.15. The Morgan fingerprint density at radius 3 is 2.33 bits per heavy atom. The number of anilines is 1. The molecule has 0 spiro atoms. The molecule has 5 heteroatoms. The maximum Gasteiger partial charge on any atom is 0.198 e. The summed E-state index contributed by atoms with van der Waals surface area (Å²) in [6, 6.07) is 9.94. The summed E-state index contributed by atoms with van der Waals surface area (Å²) in [6.07, 6.45) is 0. The average molecular weight is 246 g/mol. The standard InChI is InChI=1S/C13H8F2N2O/c14-10-5-9(17)6-11(15)13(10)18-12-4-2-1-3-8(12)7-16/h1-6H,17H2. The first-order chi connectivity index (χ1) is 8.61. The third kappa shape index (κ3) is 2.23. The topological polar surface area (TPSA) is 59.0 Å². The maximum atomic E-state index is 13.5. The lowest BCUT2D eigenvalue weighted by Crippen LogP contribution is -1.97. The van der Waals surface area contributed by atoms with Crippen molar-refractivity contribution in [2.75, 3.05) is 5.73 Å². The third-order valence-corrected chi connectivity index (χ3v) is 2.24. The van der Waals surface area contributed by atoms with Crippen molar-refractivity contribution in [2.45, 2.75) is 0 Å². The molecule has 0 unspecified atom stereocenters. The quantitative estimate of drug-likeness (QED) is 0.827. The molecule has 0 amide bonds. The Bertz CT molecular complexity index is 612. The van der Waals surface area contributed by atoms with Gasteiger partial charge in [0.25, 0.3) is 0 Å². The largest absolute Gasteiger partial charge is 0.450 e. The average Bonchev–Trinajstić information content (AvgIpc) is 2.34. The number of nitrogen functional groups attached to an aromatic ring is 1. The molecule has 0 saturated heterocycles. The number of nitrogens with two attached hydrogens (primary N) is 1. The SMILES string of the molecule is N#Cc1ccccc1Oc1c(F)cc(N)cc1F. The fourth-order valence-electron chi connectivity index (χ4n) is 1.43. The van der Waals surface area contributed by atoms with Gasteiger partial charge in [-0.15, -0.1) is 0 Å². The van der Waals surface area contributed by atoms with Crippen LogP contribution in [0.2, 0.25) is 0 Å². The van der Waals surface area contributed by atoms with Gasteiger partial charge in [0.15, 0.2) is 17.4 Å². The van der Waals surface area contributed by atoms with Gasteiger partial charge in [-0.05, 0) is 12.1 Å². The number of hydrogen-bond donors (Lipinski definition) is 1. The van der Waals surface area contributed by atoms with Crippen LogP contribution in [0.15, 0.2) is 36.4 Å². The van der Waals surface area contributed by atoms with Crippen molar-refractivity contribution in [1.29, 1.82) is 5.26 Å². The van der Waals surface area contributed by atoms with E-state index in [0.717, 1.165) is 12.1 Å². The molecule has 90 valence electrons. The second-order valence-electron chi connectivity index (χ2n) is 3.52. The number of hydrogen-bond acceptors (Lipinski definition) is 3. The Hall–Kier alpha value is -2.61. The van der Waals surface area contributed by atoms with E-state index in [1.807, 2.05) is 6.07 Å². The van der Waals surface area contributed by atoms with Crippen LogP contribution in [0.25, 0.3) is 0 Å². The molecule has 2 rings (SSSR count). The zero-order valence-corrected chi connectivity index (χ0v) is 9.15. The summed E-state index contributed by atoms with van der Waals surface area (Å²) in [6.45, 7) is 0. The lowest BCUT2D eigenvalue weighted by molar-refractivity contribution is 0.407. The molecule has 0 aliphatic heterocycles.